The van der Waals surface area contributed by atoms with E-state index in [1.54, 1.807) is 30.5 Å². The number of aryl methyl sites for hydroxylation is 3. The van der Waals surface area contributed by atoms with Crippen molar-refractivity contribution in [2.45, 2.75) is 26.7 Å². The van der Waals surface area contributed by atoms with E-state index in [0.29, 0.717) is 21.9 Å². The van der Waals surface area contributed by atoms with Crippen LogP contribution in [0.15, 0.2) is 48.7 Å². The number of nitrogens with zero attached hydrogens (tertiary/aromatic N) is 2. The molecule has 2 aromatic heterocycles. The van der Waals surface area contributed by atoms with Crippen molar-refractivity contribution in [2.24, 2.45) is 0 Å². The summed E-state index contributed by atoms with van der Waals surface area (Å²) < 4.78 is 0. The van der Waals surface area contributed by atoms with Crippen LogP contribution < -0.4 is 10.6 Å². The summed E-state index contributed by atoms with van der Waals surface area (Å²) in [6.07, 6.45) is 3.30. The minimum Gasteiger partial charge on any atom is -0.326 e. The number of benzene rings is 1. The van der Waals surface area contributed by atoms with Crippen LogP contribution in [-0.4, -0.2) is 21.8 Å². The molecule has 0 fully saturated rings. The van der Waals surface area contributed by atoms with Crippen LogP contribution in [0.5, 0.6) is 0 Å². The molecule has 0 spiro atoms. The number of anilines is 2. The monoisotopic (exact) mass is 380 g/mol. The van der Waals surface area contributed by atoms with Crippen LogP contribution in [0, 0.1) is 6.92 Å². The SMILES string of the molecule is CC(=O)Nc1cccc(NC(=O)c2sc(CCc3ccccn3)nc2C)c1. The Hall–Kier alpha value is -3.06. The largest absolute Gasteiger partial charge is 0.326 e. The van der Waals surface area contributed by atoms with Crippen molar-refractivity contribution >= 4 is 34.5 Å². The first-order valence-electron chi connectivity index (χ1n) is 8.56. The molecule has 3 aromatic rings. The zero-order chi connectivity index (χ0) is 19.2. The third-order valence-corrected chi connectivity index (χ3v) is 5.03. The van der Waals surface area contributed by atoms with Gasteiger partial charge >= 0.3 is 0 Å². The zero-order valence-electron chi connectivity index (χ0n) is 15.2. The average Bonchev–Trinajstić information content (AvgIpc) is 3.01. The molecule has 1 aromatic carbocycles. The maximum Gasteiger partial charge on any atom is 0.267 e. The van der Waals surface area contributed by atoms with E-state index in [1.165, 1.54) is 18.3 Å². The molecule has 0 saturated heterocycles. The van der Waals surface area contributed by atoms with Crippen molar-refractivity contribution in [1.29, 1.82) is 0 Å². The highest BCUT2D eigenvalue weighted by atomic mass is 32.1. The minimum atomic E-state index is -0.200. The molecule has 0 aliphatic rings. The van der Waals surface area contributed by atoms with Crippen LogP contribution in [0.25, 0.3) is 0 Å². The van der Waals surface area contributed by atoms with Crippen molar-refractivity contribution in [2.75, 3.05) is 10.6 Å². The van der Waals surface area contributed by atoms with E-state index in [-0.39, 0.29) is 11.8 Å². The highest BCUT2D eigenvalue weighted by Crippen LogP contribution is 2.22. The van der Waals surface area contributed by atoms with Gasteiger partial charge in [-0.2, -0.15) is 0 Å². The maximum absolute atomic E-state index is 12.6. The molecule has 0 saturated carbocycles. The molecule has 27 heavy (non-hydrogen) atoms. The van der Waals surface area contributed by atoms with Gasteiger partial charge in [-0.15, -0.1) is 11.3 Å². The Bertz CT molecular complexity index is 954. The lowest BCUT2D eigenvalue weighted by Gasteiger charge is -2.07. The van der Waals surface area contributed by atoms with Gasteiger partial charge in [0.25, 0.3) is 5.91 Å². The van der Waals surface area contributed by atoms with Gasteiger partial charge in [-0.25, -0.2) is 4.98 Å². The van der Waals surface area contributed by atoms with Crippen molar-refractivity contribution in [3.05, 3.63) is 69.9 Å². The third-order valence-electron chi connectivity index (χ3n) is 3.81. The molecule has 7 heteroatoms. The Balaban J connectivity index is 1.66. The average molecular weight is 380 g/mol. The molecule has 0 unspecified atom stereocenters. The predicted octanol–water partition coefficient (Wildman–Crippen LogP) is 3.84. The Labute approximate surface area is 161 Å². The lowest BCUT2D eigenvalue weighted by Crippen LogP contribution is -2.12. The van der Waals surface area contributed by atoms with Crippen molar-refractivity contribution in [3.63, 3.8) is 0 Å². The van der Waals surface area contributed by atoms with Crippen LogP contribution >= 0.6 is 11.3 Å². The molecule has 6 nitrogen and oxygen atoms in total. The number of amides is 2. The van der Waals surface area contributed by atoms with Crippen LogP contribution in [0.1, 0.15) is 33.0 Å². The molecular formula is C20H20N4O2S. The van der Waals surface area contributed by atoms with Crippen molar-refractivity contribution < 1.29 is 9.59 Å². The number of carbonyl (C=O) groups excluding carboxylic acids is 2. The van der Waals surface area contributed by atoms with Gasteiger partial charge in [0.15, 0.2) is 0 Å². The number of pyridine rings is 1. The molecule has 0 radical (unpaired) electrons. The van der Waals surface area contributed by atoms with E-state index in [4.69, 9.17) is 0 Å². The number of carbonyl (C=O) groups is 2. The standard InChI is InChI=1S/C20H20N4O2S/c1-13-19(27-18(22-13)10-9-15-6-3-4-11-21-15)20(26)24-17-8-5-7-16(12-17)23-14(2)25/h3-8,11-12H,9-10H2,1-2H3,(H,23,25)(H,24,26). The molecule has 2 N–H and O–H groups in total. The van der Waals surface area contributed by atoms with Gasteiger partial charge in [-0.1, -0.05) is 12.1 Å². The first-order valence-corrected chi connectivity index (χ1v) is 9.38. The van der Waals surface area contributed by atoms with Crippen molar-refractivity contribution in [3.8, 4) is 0 Å². The summed E-state index contributed by atoms with van der Waals surface area (Å²) >= 11 is 1.40. The van der Waals surface area contributed by atoms with Gasteiger partial charge in [0.2, 0.25) is 5.91 Å². The highest BCUT2D eigenvalue weighted by molar-refractivity contribution is 7.13. The Morgan fingerprint density at radius 1 is 1.04 bits per heavy atom. The molecule has 0 aliphatic carbocycles. The fourth-order valence-electron chi connectivity index (χ4n) is 2.62. The smallest absolute Gasteiger partial charge is 0.267 e. The van der Waals surface area contributed by atoms with Crippen LogP contribution in [0.2, 0.25) is 0 Å². The van der Waals surface area contributed by atoms with E-state index < -0.39 is 0 Å². The Kier molecular flexibility index (Phi) is 5.93. The van der Waals surface area contributed by atoms with E-state index >= 15 is 0 Å². The Morgan fingerprint density at radius 3 is 2.52 bits per heavy atom. The summed E-state index contributed by atoms with van der Waals surface area (Å²) in [5, 5.41) is 6.48. The molecule has 3 rings (SSSR count). The molecular weight excluding hydrogens is 360 g/mol. The first-order chi connectivity index (χ1) is 13.0. The Morgan fingerprint density at radius 2 is 1.81 bits per heavy atom. The lowest BCUT2D eigenvalue weighted by molar-refractivity contribution is -0.114. The number of rotatable bonds is 6. The number of hydrogen-bond acceptors (Lipinski definition) is 5. The molecule has 138 valence electrons. The molecule has 2 heterocycles. The van der Waals surface area contributed by atoms with E-state index in [9.17, 15) is 9.59 Å². The highest BCUT2D eigenvalue weighted by Gasteiger charge is 2.16. The van der Waals surface area contributed by atoms with Crippen molar-refractivity contribution in [1.82, 2.24) is 9.97 Å². The summed E-state index contributed by atoms with van der Waals surface area (Å²) in [4.78, 5) is 33.2. The second-order valence-electron chi connectivity index (χ2n) is 6.06. The zero-order valence-corrected chi connectivity index (χ0v) is 16.0. The summed E-state index contributed by atoms with van der Waals surface area (Å²) in [5.41, 5.74) is 2.98. The summed E-state index contributed by atoms with van der Waals surface area (Å²) in [6, 6.07) is 12.9. The van der Waals surface area contributed by atoms with Gasteiger partial charge in [0.05, 0.1) is 10.7 Å². The normalized spacial score (nSPS) is 10.4. The fraction of sp³-hybridized carbons (Fsp3) is 0.200. The second kappa shape index (κ2) is 8.55. The summed E-state index contributed by atoms with van der Waals surface area (Å²) in [5.74, 6) is -0.358. The fourth-order valence-corrected chi connectivity index (χ4v) is 3.58. The van der Waals surface area contributed by atoms with E-state index in [0.717, 1.165) is 23.5 Å². The predicted molar refractivity (Wildman–Crippen MR) is 107 cm³/mol. The topological polar surface area (TPSA) is 84.0 Å². The molecule has 0 bridgehead atoms. The van der Waals surface area contributed by atoms with Gasteiger partial charge in [0, 0.05) is 36.6 Å². The number of aromatic nitrogens is 2. The second-order valence-corrected chi connectivity index (χ2v) is 7.14. The van der Waals surface area contributed by atoms with Crippen LogP contribution in [-0.2, 0) is 17.6 Å². The first kappa shape index (κ1) is 18.7. The number of hydrogen-bond donors (Lipinski definition) is 2. The number of nitrogens with one attached hydrogen (secondary N) is 2. The molecule has 0 aliphatic heterocycles. The lowest BCUT2D eigenvalue weighted by atomic mass is 10.2. The number of thiazole rings is 1. The third kappa shape index (κ3) is 5.21. The van der Waals surface area contributed by atoms with Gasteiger partial charge in [-0.3, -0.25) is 14.6 Å². The maximum atomic E-state index is 12.6. The van der Waals surface area contributed by atoms with E-state index in [1.807, 2.05) is 25.1 Å². The molecule has 2 amide bonds. The van der Waals surface area contributed by atoms with Crippen LogP contribution in [0.3, 0.4) is 0 Å². The van der Waals surface area contributed by atoms with Gasteiger partial charge in [0.1, 0.15) is 4.88 Å². The quantitative estimate of drug-likeness (QED) is 0.680. The van der Waals surface area contributed by atoms with Crippen LogP contribution in [0.4, 0.5) is 11.4 Å². The summed E-state index contributed by atoms with van der Waals surface area (Å²) in [6.45, 7) is 3.28. The van der Waals surface area contributed by atoms with Gasteiger partial charge in [-0.05, 0) is 43.7 Å². The summed E-state index contributed by atoms with van der Waals surface area (Å²) in [7, 11) is 0. The van der Waals surface area contributed by atoms with Gasteiger partial charge < -0.3 is 10.6 Å². The molecule has 0 atom stereocenters. The van der Waals surface area contributed by atoms with E-state index in [2.05, 4.69) is 20.6 Å². The minimum absolute atomic E-state index is 0.158.